The highest BCUT2D eigenvalue weighted by molar-refractivity contribution is 9.10. The summed E-state index contributed by atoms with van der Waals surface area (Å²) in [4.78, 5) is 32.6. The van der Waals surface area contributed by atoms with Crippen molar-refractivity contribution in [2.75, 3.05) is 29.9 Å². The van der Waals surface area contributed by atoms with Gasteiger partial charge < -0.3 is 10.2 Å². The summed E-state index contributed by atoms with van der Waals surface area (Å²) in [5.74, 6) is 0.335. The standard InChI is InChI=1S/C10H12BrN5O2/c1-2-12-10-13-3-6(11)9(15-10)16-4-7(17)14-8(18)5-16/h3H,2,4-5H2,1H3,(H,12,13,15)(H,14,17,18). The molecule has 18 heavy (non-hydrogen) atoms. The summed E-state index contributed by atoms with van der Waals surface area (Å²) in [5, 5.41) is 5.23. The van der Waals surface area contributed by atoms with E-state index in [9.17, 15) is 9.59 Å². The van der Waals surface area contributed by atoms with Crippen LogP contribution in [0.1, 0.15) is 6.92 Å². The van der Waals surface area contributed by atoms with E-state index in [0.29, 0.717) is 22.8 Å². The monoisotopic (exact) mass is 313 g/mol. The van der Waals surface area contributed by atoms with E-state index in [1.807, 2.05) is 6.92 Å². The number of amides is 2. The summed E-state index contributed by atoms with van der Waals surface area (Å²) in [6.45, 7) is 2.84. The second-order valence-electron chi connectivity index (χ2n) is 3.72. The van der Waals surface area contributed by atoms with Crippen molar-refractivity contribution in [3.05, 3.63) is 10.7 Å². The van der Waals surface area contributed by atoms with Crippen molar-refractivity contribution < 1.29 is 9.59 Å². The van der Waals surface area contributed by atoms with E-state index in [1.165, 1.54) is 0 Å². The summed E-state index contributed by atoms with van der Waals surface area (Å²) < 4.78 is 0.645. The van der Waals surface area contributed by atoms with E-state index in [1.54, 1.807) is 11.1 Å². The molecule has 2 heterocycles. The Bertz CT molecular complexity index is 477. The lowest BCUT2D eigenvalue weighted by Gasteiger charge is -2.27. The lowest BCUT2D eigenvalue weighted by molar-refractivity contribution is -0.130. The predicted octanol–water partition coefficient (Wildman–Crippen LogP) is 0.134. The molecule has 0 bridgehead atoms. The van der Waals surface area contributed by atoms with Gasteiger partial charge in [0.05, 0.1) is 17.6 Å². The average Bonchev–Trinajstić information content (AvgIpc) is 2.30. The normalized spacial score (nSPS) is 15.6. The Hall–Kier alpha value is -1.70. The van der Waals surface area contributed by atoms with Gasteiger partial charge in [-0.15, -0.1) is 0 Å². The van der Waals surface area contributed by atoms with Gasteiger partial charge in [0, 0.05) is 12.7 Å². The van der Waals surface area contributed by atoms with Gasteiger partial charge >= 0.3 is 0 Å². The molecule has 96 valence electrons. The van der Waals surface area contributed by atoms with E-state index in [0.717, 1.165) is 0 Å². The fourth-order valence-electron chi connectivity index (χ4n) is 1.61. The van der Waals surface area contributed by atoms with Crippen LogP contribution in [-0.2, 0) is 9.59 Å². The van der Waals surface area contributed by atoms with E-state index in [2.05, 4.69) is 36.5 Å². The van der Waals surface area contributed by atoms with Crippen LogP contribution in [0.4, 0.5) is 11.8 Å². The molecule has 0 saturated carbocycles. The fourth-order valence-corrected chi connectivity index (χ4v) is 2.05. The number of imide groups is 1. The third kappa shape index (κ3) is 2.76. The van der Waals surface area contributed by atoms with Crippen molar-refractivity contribution >= 4 is 39.5 Å². The lowest BCUT2D eigenvalue weighted by Crippen LogP contribution is -2.51. The van der Waals surface area contributed by atoms with Gasteiger partial charge in [0.25, 0.3) is 0 Å². The van der Waals surface area contributed by atoms with Gasteiger partial charge in [0.1, 0.15) is 5.82 Å². The quantitative estimate of drug-likeness (QED) is 0.772. The molecule has 8 heteroatoms. The Morgan fingerprint density at radius 3 is 2.72 bits per heavy atom. The van der Waals surface area contributed by atoms with Gasteiger partial charge in [-0.25, -0.2) is 4.98 Å². The minimum absolute atomic E-state index is 0.104. The van der Waals surface area contributed by atoms with Gasteiger partial charge in [-0.1, -0.05) is 0 Å². The number of piperazine rings is 1. The number of carbonyl (C=O) groups is 2. The average molecular weight is 314 g/mol. The number of hydrogen-bond acceptors (Lipinski definition) is 6. The van der Waals surface area contributed by atoms with Crippen molar-refractivity contribution in [3.8, 4) is 0 Å². The summed E-state index contributed by atoms with van der Waals surface area (Å²) in [6, 6.07) is 0. The second-order valence-corrected chi connectivity index (χ2v) is 4.58. The highest BCUT2D eigenvalue weighted by Gasteiger charge is 2.25. The largest absolute Gasteiger partial charge is 0.354 e. The number of anilines is 2. The molecule has 1 aromatic heterocycles. The summed E-state index contributed by atoms with van der Waals surface area (Å²) in [5.41, 5.74) is 0. The molecule has 7 nitrogen and oxygen atoms in total. The van der Waals surface area contributed by atoms with Crippen molar-refractivity contribution in [2.45, 2.75) is 6.92 Å². The number of aromatic nitrogens is 2. The maximum atomic E-state index is 11.3. The first kappa shape index (κ1) is 12.7. The summed E-state index contributed by atoms with van der Waals surface area (Å²) in [7, 11) is 0. The summed E-state index contributed by atoms with van der Waals surface area (Å²) in [6.07, 6.45) is 1.59. The summed E-state index contributed by atoms with van der Waals surface area (Å²) >= 11 is 3.32. The minimum atomic E-state index is -0.332. The van der Waals surface area contributed by atoms with Crippen LogP contribution in [0.25, 0.3) is 0 Å². The van der Waals surface area contributed by atoms with Crippen molar-refractivity contribution in [1.82, 2.24) is 15.3 Å². The molecule has 2 amide bonds. The number of nitrogens with one attached hydrogen (secondary N) is 2. The Morgan fingerprint density at radius 2 is 2.11 bits per heavy atom. The topological polar surface area (TPSA) is 87.2 Å². The van der Waals surface area contributed by atoms with Gasteiger partial charge in [0.2, 0.25) is 17.8 Å². The minimum Gasteiger partial charge on any atom is -0.354 e. The molecule has 0 aliphatic carbocycles. The molecule has 0 atom stereocenters. The van der Waals surface area contributed by atoms with Crippen LogP contribution in [0.5, 0.6) is 0 Å². The zero-order valence-electron chi connectivity index (χ0n) is 9.73. The molecule has 0 spiro atoms. The molecule has 2 N–H and O–H groups in total. The van der Waals surface area contributed by atoms with E-state index in [-0.39, 0.29) is 24.9 Å². The number of rotatable bonds is 3. The SMILES string of the molecule is CCNc1ncc(Br)c(N2CC(=O)NC(=O)C2)n1. The third-order valence-electron chi connectivity index (χ3n) is 2.31. The van der Waals surface area contributed by atoms with Crippen molar-refractivity contribution in [3.63, 3.8) is 0 Å². The van der Waals surface area contributed by atoms with Crippen LogP contribution in [0.2, 0.25) is 0 Å². The number of halogens is 1. The van der Waals surface area contributed by atoms with Crippen molar-refractivity contribution in [1.29, 1.82) is 0 Å². The molecule has 0 aromatic carbocycles. The maximum absolute atomic E-state index is 11.3. The smallest absolute Gasteiger partial charge is 0.246 e. The van der Waals surface area contributed by atoms with Crippen LogP contribution in [0, 0.1) is 0 Å². The molecule has 1 aromatic rings. The zero-order chi connectivity index (χ0) is 13.1. The molecule has 2 rings (SSSR count). The first-order valence-electron chi connectivity index (χ1n) is 5.44. The number of nitrogens with zero attached hydrogens (tertiary/aromatic N) is 3. The van der Waals surface area contributed by atoms with Crippen molar-refractivity contribution in [2.24, 2.45) is 0 Å². The first-order valence-corrected chi connectivity index (χ1v) is 6.23. The Labute approximate surface area is 112 Å². The lowest BCUT2D eigenvalue weighted by atomic mass is 10.3. The number of hydrogen-bond donors (Lipinski definition) is 2. The Balaban J connectivity index is 2.28. The van der Waals surface area contributed by atoms with E-state index in [4.69, 9.17) is 0 Å². The van der Waals surface area contributed by atoms with Gasteiger partial charge in [0.15, 0.2) is 0 Å². The Morgan fingerprint density at radius 1 is 1.44 bits per heavy atom. The van der Waals surface area contributed by atoms with Crippen LogP contribution < -0.4 is 15.5 Å². The molecular weight excluding hydrogens is 302 g/mol. The van der Waals surface area contributed by atoms with Crippen LogP contribution >= 0.6 is 15.9 Å². The molecular formula is C10H12BrN5O2. The molecule has 1 aliphatic rings. The van der Waals surface area contributed by atoms with E-state index < -0.39 is 0 Å². The van der Waals surface area contributed by atoms with Gasteiger partial charge in [-0.05, 0) is 22.9 Å². The van der Waals surface area contributed by atoms with Crippen LogP contribution in [-0.4, -0.2) is 41.4 Å². The van der Waals surface area contributed by atoms with E-state index >= 15 is 0 Å². The first-order chi connectivity index (χ1) is 8.60. The molecule has 0 unspecified atom stereocenters. The molecule has 1 aliphatic heterocycles. The second kappa shape index (κ2) is 5.30. The third-order valence-corrected chi connectivity index (χ3v) is 2.87. The molecule has 0 radical (unpaired) electrons. The highest BCUT2D eigenvalue weighted by atomic mass is 79.9. The number of carbonyl (C=O) groups excluding carboxylic acids is 2. The van der Waals surface area contributed by atoms with Crippen LogP contribution in [0.3, 0.4) is 0 Å². The molecule has 1 fully saturated rings. The highest BCUT2D eigenvalue weighted by Crippen LogP contribution is 2.24. The van der Waals surface area contributed by atoms with Gasteiger partial charge in [-0.2, -0.15) is 4.98 Å². The molecule has 1 saturated heterocycles. The maximum Gasteiger partial charge on any atom is 0.246 e. The Kier molecular flexibility index (Phi) is 3.75. The zero-order valence-corrected chi connectivity index (χ0v) is 11.3. The fraction of sp³-hybridized carbons (Fsp3) is 0.400. The predicted molar refractivity (Wildman–Crippen MR) is 69.3 cm³/mol. The van der Waals surface area contributed by atoms with Crippen LogP contribution in [0.15, 0.2) is 10.7 Å². The van der Waals surface area contributed by atoms with Gasteiger partial charge in [-0.3, -0.25) is 14.9 Å².